The van der Waals surface area contributed by atoms with E-state index in [1.807, 2.05) is 12.1 Å². The van der Waals surface area contributed by atoms with Gasteiger partial charge in [-0.15, -0.1) is 0 Å². The van der Waals surface area contributed by atoms with E-state index in [0.29, 0.717) is 16.3 Å². The first-order chi connectivity index (χ1) is 10.6. The summed E-state index contributed by atoms with van der Waals surface area (Å²) < 4.78 is 5.77. The van der Waals surface area contributed by atoms with Crippen LogP contribution in [0.2, 0.25) is 5.02 Å². The van der Waals surface area contributed by atoms with Crippen molar-refractivity contribution in [3.63, 3.8) is 0 Å². The van der Waals surface area contributed by atoms with Crippen LogP contribution in [0.1, 0.15) is 28.9 Å². The van der Waals surface area contributed by atoms with Crippen LogP contribution in [0, 0.1) is 0 Å². The molecule has 2 aromatic rings. The van der Waals surface area contributed by atoms with Crippen molar-refractivity contribution in [1.82, 2.24) is 0 Å². The predicted octanol–water partition coefficient (Wildman–Crippen LogP) is 3.36. The van der Waals surface area contributed by atoms with E-state index in [2.05, 4.69) is 0 Å². The number of amides is 1. The van der Waals surface area contributed by atoms with Crippen molar-refractivity contribution in [2.45, 2.75) is 18.8 Å². The van der Waals surface area contributed by atoms with Crippen LogP contribution in [0.5, 0.6) is 0 Å². The van der Waals surface area contributed by atoms with Crippen molar-refractivity contribution >= 4 is 29.0 Å². The standard InChI is InChI=1S/C17H12ClNO3/c1-10(20)19-14-5-3-2-4-13(14)15(21)17(19)16(22-17)11-6-8-12(18)9-7-11/h2-9,16H,1H3/t16-,17-/m0/s1. The van der Waals surface area contributed by atoms with E-state index in [1.54, 1.807) is 36.4 Å². The van der Waals surface area contributed by atoms with Gasteiger partial charge in [0.2, 0.25) is 17.4 Å². The Morgan fingerprint density at radius 2 is 1.86 bits per heavy atom. The summed E-state index contributed by atoms with van der Waals surface area (Å²) in [5, 5.41) is 0.614. The molecule has 110 valence electrons. The van der Waals surface area contributed by atoms with E-state index in [9.17, 15) is 9.59 Å². The van der Waals surface area contributed by atoms with Crippen LogP contribution >= 0.6 is 11.6 Å². The topological polar surface area (TPSA) is 49.9 Å². The summed E-state index contributed by atoms with van der Waals surface area (Å²) in [7, 11) is 0. The third-order valence-corrected chi connectivity index (χ3v) is 4.38. The number of rotatable bonds is 1. The highest BCUT2D eigenvalue weighted by molar-refractivity contribution is 6.30. The number of carbonyl (C=O) groups is 2. The number of ether oxygens (including phenoxy) is 1. The van der Waals surface area contributed by atoms with E-state index < -0.39 is 11.8 Å². The molecule has 4 rings (SSSR count). The highest BCUT2D eigenvalue weighted by Gasteiger charge is 2.72. The predicted molar refractivity (Wildman–Crippen MR) is 81.9 cm³/mol. The maximum atomic E-state index is 12.8. The zero-order chi connectivity index (χ0) is 15.5. The molecule has 4 nitrogen and oxygen atoms in total. The Kier molecular flexibility index (Phi) is 2.71. The third kappa shape index (κ3) is 1.62. The van der Waals surface area contributed by atoms with Crippen LogP contribution in [-0.2, 0) is 9.53 Å². The summed E-state index contributed by atoms with van der Waals surface area (Å²) >= 11 is 5.90. The number of para-hydroxylation sites is 1. The Bertz CT molecular complexity index is 802. The Balaban J connectivity index is 1.81. The lowest BCUT2D eigenvalue weighted by molar-refractivity contribution is -0.117. The summed E-state index contributed by atoms with van der Waals surface area (Å²) in [4.78, 5) is 26.4. The minimum Gasteiger partial charge on any atom is -0.332 e. The van der Waals surface area contributed by atoms with Gasteiger partial charge in [0.1, 0.15) is 6.10 Å². The molecular formula is C17H12ClNO3. The summed E-state index contributed by atoms with van der Waals surface area (Å²) in [5.41, 5.74) is 0.728. The minimum absolute atomic E-state index is 0.168. The van der Waals surface area contributed by atoms with Gasteiger partial charge in [-0.2, -0.15) is 0 Å². The lowest BCUT2D eigenvalue weighted by atomic mass is 10.0. The van der Waals surface area contributed by atoms with Crippen LogP contribution < -0.4 is 4.90 Å². The van der Waals surface area contributed by atoms with Crippen molar-refractivity contribution in [3.8, 4) is 0 Å². The molecule has 22 heavy (non-hydrogen) atoms. The molecule has 0 aromatic heterocycles. The van der Waals surface area contributed by atoms with Gasteiger partial charge in [-0.1, -0.05) is 35.9 Å². The summed E-state index contributed by atoms with van der Waals surface area (Å²) in [6.45, 7) is 1.44. The number of ketones is 1. The minimum atomic E-state index is -1.23. The zero-order valence-electron chi connectivity index (χ0n) is 11.7. The first-order valence-corrected chi connectivity index (χ1v) is 7.31. The van der Waals surface area contributed by atoms with Crippen LogP contribution in [0.25, 0.3) is 0 Å². The Hall–Kier alpha value is -2.17. The van der Waals surface area contributed by atoms with Gasteiger partial charge in [-0.05, 0) is 29.8 Å². The van der Waals surface area contributed by atoms with E-state index in [0.717, 1.165) is 5.56 Å². The highest BCUT2D eigenvalue weighted by atomic mass is 35.5. The van der Waals surface area contributed by atoms with Crippen molar-refractivity contribution in [2.24, 2.45) is 0 Å². The number of halogens is 1. The maximum Gasteiger partial charge on any atom is 0.244 e. The highest BCUT2D eigenvalue weighted by Crippen LogP contribution is 2.59. The number of hydrogen-bond acceptors (Lipinski definition) is 3. The number of benzene rings is 2. The van der Waals surface area contributed by atoms with Gasteiger partial charge in [-0.25, -0.2) is 0 Å². The first-order valence-electron chi connectivity index (χ1n) is 6.93. The van der Waals surface area contributed by atoms with Crippen LogP contribution in [0.3, 0.4) is 0 Å². The molecule has 2 aliphatic rings. The molecule has 5 heteroatoms. The van der Waals surface area contributed by atoms with E-state index in [4.69, 9.17) is 16.3 Å². The molecule has 0 bridgehead atoms. The smallest absolute Gasteiger partial charge is 0.244 e. The molecule has 1 amide bonds. The van der Waals surface area contributed by atoms with Gasteiger partial charge >= 0.3 is 0 Å². The van der Waals surface area contributed by atoms with Gasteiger partial charge in [0.05, 0.1) is 5.69 Å². The SMILES string of the molecule is CC(=O)N1c2ccccc2C(=O)[C@@]12O[C@H]2c1ccc(Cl)cc1. The quantitative estimate of drug-likeness (QED) is 0.759. The van der Waals surface area contributed by atoms with Gasteiger partial charge in [0, 0.05) is 17.5 Å². The summed E-state index contributed by atoms with van der Waals surface area (Å²) in [6, 6.07) is 14.2. The molecule has 1 fully saturated rings. The second-order valence-corrected chi connectivity index (χ2v) is 5.88. The van der Waals surface area contributed by atoms with Crippen molar-refractivity contribution in [2.75, 3.05) is 4.90 Å². The number of Topliss-reactive ketones (excluding diaryl/α,β-unsaturated/α-hetero) is 1. The molecular weight excluding hydrogens is 302 g/mol. The average molecular weight is 314 g/mol. The van der Waals surface area contributed by atoms with E-state index >= 15 is 0 Å². The lowest BCUT2D eigenvalue weighted by Gasteiger charge is -2.20. The van der Waals surface area contributed by atoms with Crippen molar-refractivity contribution < 1.29 is 14.3 Å². The van der Waals surface area contributed by atoms with Crippen molar-refractivity contribution in [3.05, 3.63) is 64.7 Å². The zero-order valence-corrected chi connectivity index (χ0v) is 12.5. The van der Waals surface area contributed by atoms with Gasteiger partial charge < -0.3 is 4.74 Å². The molecule has 0 N–H and O–H groups in total. The Morgan fingerprint density at radius 1 is 1.18 bits per heavy atom. The third-order valence-electron chi connectivity index (χ3n) is 4.13. The number of hydrogen-bond donors (Lipinski definition) is 0. The monoisotopic (exact) mass is 313 g/mol. The second kappa shape index (κ2) is 4.41. The fraction of sp³-hybridized carbons (Fsp3) is 0.176. The van der Waals surface area contributed by atoms with Crippen LogP contribution in [0.15, 0.2) is 48.5 Å². The average Bonchev–Trinajstić information content (AvgIpc) is 3.17. The summed E-state index contributed by atoms with van der Waals surface area (Å²) in [6.07, 6.45) is -0.464. The fourth-order valence-corrected chi connectivity index (χ4v) is 3.28. The Labute approximate surface area is 132 Å². The largest absolute Gasteiger partial charge is 0.332 e. The normalized spacial score (nSPS) is 25.5. The number of fused-ring (bicyclic) bond motifs is 1. The molecule has 2 aromatic carbocycles. The van der Waals surface area contributed by atoms with Gasteiger partial charge in [0.15, 0.2) is 0 Å². The molecule has 2 aliphatic heterocycles. The molecule has 1 saturated heterocycles. The van der Waals surface area contributed by atoms with Crippen LogP contribution in [0.4, 0.5) is 5.69 Å². The van der Waals surface area contributed by atoms with Gasteiger partial charge in [0.25, 0.3) is 0 Å². The molecule has 0 saturated carbocycles. The molecule has 2 atom stereocenters. The maximum absolute atomic E-state index is 12.8. The number of epoxide rings is 1. The Morgan fingerprint density at radius 3 is 2.55 bits per heavy atom. The molecule has 2 heterocycles. The first kappa shape index (κ1) is 13.5. The molecule has 1 spiro atoms. The number of carbonyl (C=O) groups excluding carboxylic acids is 2. The fourth-order valence-electron chi connectivity index (χ4n) is 3.16. The number of anilines is 1. The van der Waals surface area contributed by atoms with Crippen LogP contribution in [-0.4, -0.2) is 17.4 Å². The van der Waals surface area contributed by atoms with Crippen molar-refractivity contribution in [1.29, 1.82) is 0 Å². The second-order valence-electron chi connectivity index (χ2n) is 5.45. The number of nitrogens with zero attached hydrogens (tertiary/aromatic N) is 1. The lowest BCUT2D eigenvalue weighted by Crippen LogP contribution is -2.43. The van der Waals surface area contributed by atoms with E-state index in [1.165, 1.54) is 11.8 Å². The molecule has 0 aliphatic carbocycles. The molecule has 0 unspecified atom stereocenters. The van der Waals surface area contributed by atoms with E-state index in [-0.39, 0.29) is 11.7 Å². The summed E-state index contributed by atoms with van der Waals surface area (Å²) in [5.74, 6) is -0.381. The van der Waals surface area contributed by atoms with Gasteiger partial charge in [-0.3, -0.25) is 14.5 Å². The molecule has 0 radical (unpaired) electrons.